The second-order valence-corrected chi connectivity index (χ2v) is 4.29. The number of benzene rings is 1. The summed E-state index contributed by atoms with van der Waals surface area (Å²) in [6.07, 6.45) is 2.39. The summed E-state index contributed by atoms with van der Waals surface area (Å²) in [5, 5.41) is 8.65. The molecule has 0 saturated carbocycles. The highest BCUT2D eigenvalue weighted by Gasteiger charge is 2.18. The Morgan fingerprint density at radius 1 is 1.59 bits per heavy atom. The van der Waals surface area contributed by atoms with Gasteiger partial charge in [-0.25, -0.2) is 4.39 Å². The summed E-state index contributed by atoms with van der Waals surface area (Å²) in [5.74, 6) is -0.468. The summed E-state index contributed by atoms with van der Waals surface area (Å²) in [6, 6.07) is 6.48. The van der Waals surface area contributed by atoms with Gasteiger partial charge >= 0.3 is 0 Å². The summed E-state index contributed by atoms with van der Waals surface area (Å²) >= 11 is 0. The molecule has 1 aliphatic rings. The molecule has 1 saturated heterocycles. The van der Waals surface area contributed by atoms with E-state index in [0.717, 1.165) is 31.7 Å². The second kappa shape index (κ2) is 5.15. The molecule has 0 N–H and O–H groups in total. The number of hydrogen-bond acceptors (Lipinski definition) is 3. The van der Waals surface area contributed by atoms with Gasteiger partial charge in [0.15, 0.2) is 0 Å². The fraction of sp³-hybridized carbons (Fsp3) is 0.462. The molecule has 1 heterocycles. The molecule has 0 spiro atoms. The number of ether oxygens (including phenoxy) is 1. The Kier molecular flexibility index (Phi) is 3.60. The van der Waals surface area contributed by atoms with Crippen LogP contribution in [0.25, 0.3) is 0 Å². The van der Waals surface area contributed by atoms with Gasteiger partial charge in [0.05, 0.1) is 11.7 Å². The van der Waals surface area contributed by atoms with Crippen LogP contribution in [0.15, 0.2) is 18.2 Å². The Labute approximate surface area is 100 Å². The summed E-state index contributed by atoms with van der Waals surface area (Å²) in [5.41, 5.74) is 0.858. The fourth-order valence-corrected chi connectivity index (χ4v) is 2.03. The van der Waals surface area contributed by atoms with E-state index in [-0.39, 0.29) is 11.7 Å². The molecule has 1 aliphatic heterocycles. The molecule has 1 aromatic carbocycles. The van der Waals surface area contributed by atoms with Crippen molar-refractivity contribution >= 4 is 5.69 Å². The first kappa shape index (κ1) is 11.9. The summed E-state index contributed by atoms with van der Waals surface area (Å²) in [4.78, 5) is 1.96. The molecule has 90 valence electrons. The van der Waals surface area contributed by atoms with Gasteiger partial charge in [0.25, 0.3) is 0 Å². The van der Waals surface area contributed by atoms with Crippen LogP contribution in [-0.2, 0) is 4.74 Å². The predicted molar refractivity (Wildman–Crippen MR) is 63.4 cm³/mol. The van der Waals surface area contributed by atoms with E-state index in [4.69, 9.17) is 10.00 Å². The van der Waals surface area contributed by atoms with E-state index in [9.17, 15) is 4.39 Å². The molecule has 0 amide bonds. The van der Waals surface area contributed by atoms with Crippen molar-refractivity contribution in [1.29, 1.82) is 5.26 Å². The predicted octanol–water partition coefficient (Wildman–Crippen LogP) is 2.31. The Bertz CT molecular complexity index is 436. The van der Waals surface area contributed by atoms with Crippen molar-refractivity contribution in [3.8, 4) is 6.07 Å². The van der Waals surface area contributed by atoms with Crippen molar-refractivity contribution in [3.05, 3.63) is 29.6 Å². The molecule has 17 heavy (non-hydrogen) atoms. The lowest BCUT2D eigenvalue weighted by Gasteiger charge is -2.22. The standard InChI is InChI=1S/C13H15FN2O/c1-16(9-12-3-2-6-17-12)11-5-4-10(8-15)13(14)7-11/h4-5,7,12H,2-3,6,9H2,1H3. The first-order valence-corrected chi connectivity index (χ1v) is 5.73. The Hall–Kier alpha value is -1.60. The third kappa shape index (κ3) is 2.75. The van der Waals surface area contributed by atoms with Crippen molar-refractivity contribution in [3.63, 3.8) is 0 Å². The second-order valence-electron chi connectivity index (χ2n) is 4.29. The van der Waals surface area contributed by atoms with Gasteiger partial charge < -0.3 is 9.64 Å². The zero-order valence-electron chi connectivity index (χ0n) is 9.82. The van der Waals surface area contributed by atoms with Gasteiger partial charge in [0.1, 0.15) is 11.9 Å². The quantitative estimate of drug-likeness (QED) is 0.805. The van der Waals surface area contributed by atoms with Crippen molar-refractivity contribution < 1.29 is 9.13 Å². The molecule has 0 aliphatic carbocycles. The lowest BCUT2D eigenvalue weighted by atomic mass is 10.2. The van der Waals surface area contributed by atoms with Crippen LogP contribution in [0.1, 0.15) is 18.4 Å². The lowest BCUT2D eigenvalue weighted by molar-refractivity contribution is 0.116. The molecule has 1 fully saturated rings. The number of likely N-dealkylation sites (N-methyl/N-ethyl adjacent to an activating group) is 1. The normalized spacial score (nSPS) is 19.0. The van der Waals surface area contributed by atoms with Gasteiger partial charge in [0, 0.05) is 25.9 Å². The third-order valence-corrected chi connectivity index (χ3v) is 3.02. The minimum absolute atomic E-state index is 0.0827. The molecule has 0 radical (unpaired) electrons. The average Bonchev–Trinajstić information content (AvgIpc) is 2.81. The number of hydrogen-bond donors (Lipinski definition) is 0. The monoisotopic (exact) mass is 234 g/mol. The van der Waals surface area contributed by atoms with E-state index in [0.29, 0.717) is 0 Å². The van der Waals surface area contributed by atoms with E-state index in [1.54, 1.807) is 6.07 Å². The largest absolute Gasteiger partial charge is 0.376 e. The van der Waals surface area contributed by atoms with Gasteiger partial charge in [0.2, 0.25) is 0 Å². The van der Waals surface area contributed by atoms with Gasteiger partial charge in [-0.05, 0) is 31.0 Å². The number of anilines is 1. The van der Waals surface area contributed by atoms with Crippen LogP contribution in [-0.4, -0.2) is 26.3 Å². The molecular formula is C13H15FN2O. The van der Waals surface area contributed by atoms with E-state index in [1.165, 1.54) is 12.1 Å². The van der Waals surface area contributed by atoms with Crippen molar-refractivity contribution in [2.75, 3.05) is 25.1 Å². The molecule has 1 atom stereocenters. The maximum absolute atomic E-state index is 13.4. The molecule has 4 heteroatoms. The zero-order chi connectivity index (χ0) is 12.3. The van der Waals surface area contributed by atoms with E-state index in [2.05, 4.69) is 0 Å². The number of halogens is 1. The zero-order valence-corrected chi connectivity index (χ0v) is 9.82. The van der Waals surface area contributed by atoms with Crippen LogP contribution >= 0.6 is 0 Å². The van der Waals surface area contributed by atoms with E-state index < -0.39 is 5.82 Å². The van der Waals surface area contributed by atoms with Gasteiger partial charge in [-0.2, -0.15) is 5.26 Å². The van der Waals surface area contributed by atoms with Crippen LogP contribution in [0.4, 0.5) is 10.1 Å². The number of nitriles is 1. The smallest absolute Gasteiger partial charge is 0.143 e. The van der Waals surface area contributed by atoms with Crippen molar-refractivity contribution in [2.45, 2.75) is 18.9 Å². The first-order chi connectivity index (χ1) is 8.20. The Morgan fingerprint density at radius 3 is 3.00 bits per heavy atom. The first-order valence-electron chi connectivity index (χ1n) is 5.73. The van der Waals surface area contributed by atoms with Crippen LogP contribution in [0, 0.1) is 17.1 Å². The third-order valence-electron chi connectivity index (χ3n) is 3.02. The van der Waals surface area contributed by atoms with E-state index in [1.807, 2.05) is 18.0 Å². The highest BCUT2D eigenvalue weighted by atomic mass is 19.1. The van der Waals surface area contributed by atoms with Crippen LogP contribution in [0.3, 0.4) is 0 Å². The van der Waals surface area contributed by atoms with Gasteiger partial charge in [-0.1, -0.05) is 0 Å². The molecule has 3 nitrogen and oxygen atoms in total. The Balaban J connectivity index is 2.06. The summed E-state index contributed by atoms with van der Waals surface area (Å²) in [6.45, 7) is 1.57. The Morgan fingerprint density at radius 2 is 2.41 bits per heavy atom. The van der Waals surface area contributed by atoms with Crippen molar-refractivity contribution in [1.82, 2.24) is 0 Å². The SMILES string of the molecule is CN(CC1CCCO1)c1ccc(C#N)c(F)c1. The molecule has 2 rings (SSSR count). The average molecular weight is 234 g/mol. The van der Waals surface area contributed by atoms with Crippen LogP contribution in [0.2, 0.25) is 0 Å². The molecule has 1 unspecified atom stereocenters. The molecule has 0 aromatic heterocycles. The summed E-state index contributed by atoms with van der Waals surface area (Å²) < 4.78 is 19.0. The van der Waals surface area contributed by atoms with Crippen LogP contribution < -0.4 is 4.90 Å². The number of rotatable bonds is 3. The van der Waals surface area contributed by atoms with E-state index >= 15 is 0 Å². The topological polar surface area (TPSA) is 36.3 Å². The molecule has 0 bridgehead atoms. The van der Waals surface area contributed by atoms with Crippen LogP contribution in [0.5, 0.6) is 0 Å². The highest BCUT2D eigenvalue weighted by Crippen LogP contribution is 2.20. The summed E-state index contributed by atoms with van der Waals surface area (Å²) in [7, 11) is 1.91. The highest BCUT2D eigenvalue weighted by molar-refractivity contribution is 5.50. The minimum atomic E-state index is -0.468. The number of nitrogens with zero attached hydrogens (tertiary/aromatic N) is 2. The maximum atomic E-state index is 13.4. The maximum Gasteiger partial charge on any atom is 0.143 e. The van der Waals surface area contributed by atoms with Gasteiger partial charge in [-0.15, -0.1) is 0 Å². The fourth-order valence-electron chi connectivity index (χ4n) is 2.03. The molecular weight excluding hydrogens is 219 g/mol. The molecule has 1 aromatic rings. The lowest BCUT2D eigenvalue weighted by Crippen LogP contribution is -2.28. The van der Waals surface area contributed by atoms with Crippen molar-refractivity contribution in [2.24, 2.45) is 0 Å². The minimum Gasteiger partial charge on any atom is -0.376 e. The van der Waals surface area contributed by atoms with Gasteiger partial charge in [-0.3, -0.25) is 0 Å².